The molecular formula is C19H38IN5O. The van der Waals surface area contributed by atoms with Crippen molar-refractivity contribution in [2.45, 2.75) is 71.4 Å². The quantitative estimate of drug-likeness (QED) is 0.255. The van der Waals surface area contributed by atoms with Crippen molar-refractivity contribution in [2.24, 2.45) is 4.99 Å². The third kappa shape index (κ3) is 7.58. The van der Waals surface area contributed by atoms with Crippen molar-refractivity contribution >= 4 is 35.8 Å². The minimum absolute atomic E-state index is 0. The summed E-state index contributed by atoms with van der Waals surface area (Å²) in [4.78, 5) is 21.1. The van der Waals surface area contributed by atoms with Crippen molar-refractivity contribution in [3.63, 3.8) is 0 Å². The molecule has 2 aliphatic rings. The molecule has 26 heavy (non-hydrogen) atoms. The molecule has 2 fully saturated rings. The maximum Gasteiger partial charge on any atom is 0.222 e. The van der Waals surface area contributed by atoms with E-state index in [0.29, 0.717) is 12.5 Å². The van der Waals surface area contributed by atoms with Crippen LogP contribution >= 0.6 is 24.0 Å². The molecule has 0 aliphatic carbocycles. The Morgan fingerprint density at radius 1 is 1.19 bits per heavy atom. The van der Waals surface area contributed by atoms with Gasteiger partial charge in [-0.25, -0.2) is 0 Å². The first-order chi connectivity index (χ1) is 12.1. The Balaban J connectivity index is 0.00000338. The summed E-state index contributed by atoms with van der Waals surface area (Å²) in [5, 5.41) is 6.84. The number of hydrogen-bond acceptors (Lipinski definition) is 3. The summed E-state index contributed by atoms with van der Waals surface area (Å²) in [5.74, 6) is 1.15. The highest BCUT2D eigenvalue weighted by atomic mass is 127. The fraction of sp³-hybridized carbons (Fsp3) is 0.895. The van der Waals surface area contributed by atoms with Crippen molar-refractivity contribution in [3.8, 4) is 0 Å². The summed E-state index contributed by atoms with van der Waals surface area (Å²) in [6.07, 6.45) is 6.75. The van der Waals surface area contributed by atoms with Crippen LogP contribution in [-0.4, -0.2) is 73.0 Å². The smallest absolute Gasteiger partial charge is 0.222 e. The van der Waals surface area contributed by atoms with Gasteiger partial charge in [0.05, 0.1) is 0 Å². The van der Waals surface area contributed by atoms with Gasteiger partial charge in [0.1, 0.15) is 0 Å². The molecule has 2 atom stereocenters. The number of carbonyl (C=O) groups is 1. The molecule has 2 rings (SSSR count). The minimum atomic E-state index is 0. The SMILES string of the molecule is CCNC(=NCCCN1CCCCC1C)NC1CCN(C(=O)CC)C1.I. The van der Waals surface area contributed by atoms with Crippen molar-refractivity contribution < 1.29 is 4.79 Å². The average Bonchev–Trinajstić information content (AvgIpc) is 3.08. The summed E-state index contributed by atoms with van der Waals surface area (Å²) in [5.41, 5.74) is 0. The Kier molecular flexibility index (Phi) is 11.5. The van der Waals surface area contributed by atoms with Gasteiger partial charge in [-0.3, -0.25) is 9.79 Å². The molecular weight excluding hydrogens is 441 g/mol. The largest absolute Gasteiger partial charge is 0.357 e. The fourth-order valence-electron chi connectivity index (χ4n) is 3.80. The summed E-state index contributed by atoms with van der Waals surface area (Å²) < 4.78 is 0. The summed E-state index contributed by atoms with van der Waals surface area (Å²) in [7, 11) is 0. The average molecular weight is 479 g/mol. The molecule has 0 radical (unpaired) electrons. The maximum absolute atomic E-state index is 11.8. The number of nitrogens with zero attached hydrogens (tertiary/aromatic N) is 3. The van der Waals surface area contributed by atoms with Crippen LogP contribution in [0.5, 0.6) is 0 Å². The summed E-state index contributed by atoms with van der Waals surface area (Å²) in [6.45, 7) is 12.1. The van der Waals surface area contributed by atoms with Crippen LogP contribution in [-0.2, 0) is 4.79 Å². The number of halogens is 1. The highest BCUT2D eigenvalue weighted by Crippen LogP contribution is 2.16. The second kappa shape index (κ2) is 12.8. The lowest BCUT2D eigenvalue weighted by atomic mass is 10.0. The van der Waals surface area contributed by atoms with Crippen molar-refractivity contribution in [3.05, 3.63) is 0 Å². The van der Waals surface area contributed by atoms with Crippen molar-refractivity contribution in [1.82, 2.24) is 20.4 Å². The lowest BCUT2D eigenvalue weighted by molar-refractivity contribution is -0.129. The van der Waals surface area contributed by atoms with E-state index >= 15 is 0 Å². The number of hydrogen-bond donors (Lipinski definition) is 2. The van der Waals surface area contributed by atoms with Crippen LogP contribution in [0, 0.1) is 0 Å². The number of carbonyl (C=O) groups excluding carboxylic acids is 1. The Morgan fingerprint density at radius 2 is 2.00 bits per heavy atom. The standard InChI is InChI=1S/C19H37N5O.HI/c1-4-18(25)24-14-10-17(15-24)22-19(20-5-2)21-11-8-13-23-12-7-6-9-16(23)3;/h16-17H,4-15H2,1-3H3,(H2,20,21,22);1H. The summed E-state index contributed by atoms with van der Waals surface area (Å²) >= 11 is 0. The zero-order chi connectivity index (χ0) is 18.1. The number of piperidine rings is 1. The number of nitrogens with one attached hydrogen (secondary N) is 2. The van der Waals surface area contributed by atoms with Crippen molar-refractivity contribution in [1.29, 1.82) is 0 Å². The van der Waals surface area contributed by atoms with E-state index in [1.807, 2.05) is 11.8 Å². The minimum Gasteiger partial charge on any atom is -0.357 e. The predicted molar refractivity (Wildman–Crippen MR) is 119 cm³/mol. The lowest BCUT2D eigenvalue weighted by Gasteiger charge is -2.33. The van der Waals surface area contributed by atoms with Gasteiger partial charge in [0.2, 0.25) is 5.91 Å². The van der Waals surface area contributed by atoms with Gasteiger partial charge < -0.3 is 20.4 Å². The van der Waals surface area contributed by atoms with E-state index in [9.17, 15) is 4.79 Å². The van der Waals surface area contributed by atoms with Crippen LogP contribution in [0.3, 0.4) is 0 Å². The van der Waals surface area contributed by atoms with Gasteiger partial charge in [-0.15, -0.1) is 24.0 Å². The third-order valence-electron chi connectivity index (χ3n) is 5.34. The lowest BCUT2D eigenvalue weighted by Crippen LogP contribution is -2.45. The summed E-state index contributed by atoms with van der Waals surface area (Å²) in [6, 6.07) is 1.04. The van der Waals surface area contributed by atoms with Gasteiger partial charge in [-0.1, -0.05) is 13.3 Å². The molecule has 0 aromatic heterocycles. The zero-order valence-electron chi connectivity index (χ0n) is 16.8. The first-order valence-corrected chi connectivity index (χ1v) is 10.2. The molecule has 0 aromatic carbocycles. The number of guanidine groups is 1. The Labute approximate surface area is 176 Å². The molecule has 0 spiro atoms. The topological polar surface area (TPSA) is 60.0 Å². The van der Waals surface area contributed by atoms with Crippen molar-refractivity contribution in [2.75, 3.05) is 39.3 Å². The molecule has 0 bridgehead atoms. The first-order valence-electron chi connectivity index (χ1n) is 10.2. The van der Waals surface area contributed by atoms with E-state index in [1.54, 1.807) is 0 Å². The Bertz CT molecular complexity index is 446. The molecule has 0 aromatic rings. The highest BCUT2D eigenvalue weighted by molar-refractivity contribution is 14.0. The molecule has 7 heteroatoms. The molecule has 2 heterocycles. The maximum atomic E-state index is 11.8. The molecule has 2 unspecified atom stereocenters. The number of aliphatic imine (C=N–C) groups is 1. The predicted octanol–water partition coefficient (Wildman–Crippen LogP) is 2.43. The first kappa shape index (κ1) is 23.5. The second-order valence-electron chi connectivity index (χ2n) is 7.32. The van der Waals surface area contributed by atoms with Crippen LogP contribution < -0.4 is 10.6 Å². The molecule has 0 saturated carbocycles. The molecule has 6 nitrogen and oxygen atoms in total. The third-order valence-corrected chi connectivity index (χ3v) is 5.34. The fourth-order valence-corrected chi connectivity index (χ4v) is 3.80. The van der Waals surface area contributed by atoms with E-state index in [4.69, 9.17) is 4.99 Å². The molecule has 2 aliphatic heterocycles. The zero-order valence-corrected chi connectivity index (χ0v) is 19.1. The van der Waals surface area contributed by atoms with Crippen LogP contribution in [0.25, 0.3) is 0 Å². The van der Waals surface area contributed by atoms with E-state index in [2.05, 4.69) is 29.4 Å². The molecule has 2 N–H and O–H groups in total. The number of rotatable bonds is 7. The number of amides is 1. The van der Waals surface area contributed by atoms with E-state index < -0.39 is 0 Å². The number of likely N-dealkylation sites (tertiary alicyclic amines) is 2. The van der Waals surface area contributed by atoms with Crippen LogP contribution in [0.2, 0.25) is 0 Å². The van der Waals surface area contributed by atoms with Gasteiger partial charge in [0.15, 0.2) is 5.96 Å². The van der Waals surface area contributed by atoms with Gasteiger partial charge in [0, 0.05) is 51.2 Å². The van der Waals surface area contributed by atoms with E-state index in [0.717, 1.165) is 57.6 Å². The van der Waals surface area contributed by atoms with Gasteiger partial charge in [0.25, 0.3) is 0 Å². The highest BCUT2D eigenvalue weighted by Gasteiger charge is 2.25. The normalized spacial score (nSPS) is 24.3. The molecule has 1 amide bonds. The molecule has 2 saturated heterocycles. The Morgan fingerprint density at radius 3 is 2.69 bits per heavy atom. The van der Waals surface area contributed by atoms with Gasteiger partial charge in [-0.2, -0.15) is 0 Å². The van der Waals surface area contributed by atoms with E-state index in [1.165, 1.54) is 25.8 Å². The van der Waals surface area contributed by atoms with E-state index in [-0.39, 0.29) is 29.9 Å². The van der Waals surface area contributed by atoms with Gasteiger partial charge >= 0.3 is 0 Å². The van der Waals surface area contributed by atoms with Gasteiger partial charge in [-0.05, 0) is 46.1 Å². The monoisotopic (exact) mass is 479 g/mol. The Hall–Kier alpha value is -0.570. The van der Waals surface area contributed by atoms with Crippen LogP contribution in [0.15, 0.2) is 4.99 Å². The van der Waals surface area contributed by atoms with Crippen LogP contribution in [0.1, 0.15) is 59.3 Å². The molecule has 152 valence electrons. The second-order valence-corrected chi connectivity index (χ2v) is 7.32. The van der Waals surface area contributed by atoms with Crippen LogP contribution in [0.4, 0.5) is 0 Å².